The lowest BCUT2D eigenvalue weighted by Crippen LogP contribution is -2.12. The second kappa shape index (κ2) is 10.3. The fraction of sp³-hybridized carbons (Fsp3) is 0.172. The maximum atomic E-state index is 13.3. The van der Waals surface area contributed by atoms with Crippen molar-refractivity contribution in [3.8, 4) is 11.5 Å². The van der Waals surface area contributed by atoms with E-state index in [0.717, 1.165) is 16.7 Å². The lowest BCUT2D eigenvalue weighted by Gasteiger charge is -2.12. The van der Waals surface area contributed by atoms with Crippen LogP contribution in [-0.2, 0) is 17.6 Å². The van der Waals surface area contributed by atoms with E-state index in [2.05, 4.69) is 20.9 Å². The minimum atomic E-state index is -0.520. The highest BCUT2D eigenvalue weighted by atomic mass is 16.5. The Morgan fingerprint density at radius 1 is 1.13 bits per heavy atom. The number of fused-ring (bicyclic) bond motifs is 2. The summed E-state index contributed by atoms with van der Waals surface area (Å²) in [6, 6.07) is 17.9. The number of aromatic hydroxyl groups is 1. The van der Waals surface area contributed by atoms with Gasteiger partial charge in [0.1, 0.15) is 17.1 Å². The SMILES string of the molecule is COc1cc(CCN)c(C)cc1N=Nc1c(O)c(C(=O)Nc2ccc3c(c2)NC(=O)C3)cc2ccccc12. The summed E-state index contributed by atoms with van der Waals surface area (Å²) >= 11 is 0. The minimum Gasteiger partial charge on any atom is -0.505 e. The molecule has 1 heterocycles. The average Bonchev–Trinajstić information content (AvgIpc) is 3.28. The maximum absolute atomic E-state index is 13.3. The molecule has 0 atom stereocenters. The van der Waals surface area contributed by atoms with Crippen molar-refractivity contribution < 1.29 is 19.4 Å². The molecule has 0 saturated carbocycles. The maximum Gasteiger partial charge on any atom is 0.259 e. The van der Waals surface area contributed by atoms with Crippen LogP contribution in [0.2, 0.25) is 0 Å². The van der Waals surface area contributed by atoms with Gasteiger partial charge in [-0.05, 0) is 72.3 Å². The molecular weight excluding hydrogens is 482 g/mol. The molecule has 4 aromatic rings. The molecule has 5 rings (SSSR count). The Hall–Kier alpha value is -4.76. The van der Waals surface area contributed by atoms with Gasteiger partial charge in [0.15, 0.2) is 5.75 Å². The quantitative estimate of drug-likeness (QED) is 0.243. The van der Waals surface area contributed by atoms with Crippen LogP contribution in [0.25, 0.3) is 10.8 Å². The number of phenolic OH excluding ortho intramolecular Hbond substituents is 1. The van der Waals surface area contributed by atoms with Crippen LogP contribution in [0.5, 0.6) is 11.5 Å². The van der Waals surface area contributed by atoms with Gasteiger partial charge < -0.3 is 26.2 Å². The predicted molar refractivity (Wildman–Crippen MR) is 147 cm³/mol. The minimum absolute atomic E-state index is 0.0450. The summed E-state index contributed by atoms with van der Waals surface area (Å²) in [7, 11) is 1.55. The van der Waals surface area contributed by atoms with E-state index in [9.17, 15) is 14.7 Å². The number of azo groups is 1. The second-order valence-electron chi connectivity index (χ2n) is 9.08. The molecule has 0 unspecified atom stereocenters. The molecule has 0 aliphatic carbocycles. The number of methoxy groups -OCH3 is 1. The summed E-state index contributed by atoms with van der Waals surface area (Å²) < 4.78 is 5.51. The Kier molecular flexibility index (Phi) is 6.76. The van der Waals surface area contributed by atoms with Crippen LogP contribution >= 0.6 is 0 Å². The monoisotopic (exact) mass is 509 g/mol. The van der Waals surface area contributed by atoms with Crippen LogP contribution in [-0.4, -0.2) is 30.6 Å². The molecule has 0 fully saturated rings. The van der Waals surface area contributed by atoms with E-state index in [1.54, 1.807) is 37.4 Å². The summed E-state index contributed by atoms with van der Waals surface area (Å²) in [5.41, 5.74) is 10.5. The van der Waals surface area contributed by atoms with Gasteiger partial charge in [-0.2, -0.15) is 0 Å². The Labute approximate surface area is 219 Å². The van der Waals surface area contributed by atoms with Gasteiger partial charge in [0, 0.05) is 16.8 Å². The smallest absolute Gasteiger partial charge is 0.259 e. The molecule has 0 radical (unpaired) electrons. The third kappa shape index (κ3) is 4.79. The number of nitrogens with two attached hydrogens (primary N) is 1. The first kappa shape index (κ1) is 24.9. The van der Waals surface area contributed by atoms with Crippen molar-refractivity contribution in [3.63, 3.8) is 0 Å². The lowest BCUT2D eigenvalue weighted by atomic mass is 10.0. The number of phenols is 1. The van der Waals surface area contributed by atoms with E-state index in [1.807, 2.05) is 37.3 Å². The molecule has 9 nitrogen and oxygen atoms in total. The normalized spacial score (nSPS) is 12.6. The molecule has 1 aliphatic rings. The molecule has 0 bridgehead atoms. The van der Waals surface area contributed by atoms with E-state index < -0.39 is 5.91 Å². The van der Waals surface area contributed by atoms with Crippen LogP contribution in [0.15, 0.2) is 70.9 Å². The van der Waals surface area contributed by atoms with Crippen molar-refractivity contribution in [2.75, 3.05) is 24.3 Å². The molecule has 2 amide bonds. The van der Waals surface area contributed by atoms with E-state index in [4.69, 9.17) is 10.5 Å². The third-order valence-electron chi connectivity index (χ3n) is 6.54. The number of benzene rings is 4. The van der Waals surface area contributed by atoms with Gasteiger partial charge >= 0.3 is 0 Å². The molecule has 9 heteroatoms. The van der Waals surface area contributed by atoms with Crippen LogP contribution in [0.1, 0.15) is 27.0 Å². The van der Waals surface area contributed by atoms with Crippen molar-refractivity contribution >= 4 is 45.3 Å². The van der Waals surface area contributed by atoms with Gasteiger partial charge in [0.25, 0.3) is 5.91 Å². The highest BCUT2D eigenvalue weighted by Gasteiger charge is 2.21. The molecule has 192 valence electrons. The van der Waals surface area contributed by atoms with Crippen molar-refractivity contribution in [1.82, 2.24) is 0 Å². The number of nitrogens with zero attached hydrogens (tertiary/aromatic N) is 2. The zero-order chi connectivity index (χ0) is 26.8. The molecule has 0 aromatic heterocycles. The summed E-state index contributed by atoms with van der Waals surface area (Å²) in [6.45, 7) is 2.48. The van der Waals surface area contributed by atoms with Gasteiger partial charge in [-0.15, -0.1) is 10.2 Å². The number of hydrogen-bond donors (Lipinski definition) is 4. The molecule has 38 heavy (non-hydrogen) atoms. The Morgan fingerprint density at radius 2 is 1.95 bits per heavy atom. The van der Waals surface area contributed by atoms with Gasteiger partial charge in [-0.3, -0.25) is 9.59 Å². The van der Waals surface area contributed by atoms with Gasteiger partial charge in [0.05, 0.1) is 19.1 Å². The first-order valence-electron chi connectivity index (χ1n) is 12.2. The standard InChI is InChI=1S/C29H27N5O4/c1-16-11-24(25(38-2)13-17(16)9-10-30)33-34-27-21-6-4-3-5-18(21)12-22(28(27)36)29(37)31-20-8-7-19-14-26(35)32-23(19)15-20/h3-8,11-13,15,36H,9-10,14,30H2,1-2H3,(H,31,37)(H,32,35). The Bertz CT molecular complexity index is 1610. The predicted octanol–water partition coefficient (Wildman–Crippen LogP) is 5.53. The molecular formula is C29H27N5O4. The number of ether oxygens (including phenoxy) is 1. The Morgan fingerprint density at radius 3 is 2.74 bits per heavy atom. The van der Waals surface area contributed by atoms with Crippen LogP contribution in [0.4, 0.5) is 22.7 Å². The van der Waals surface area contributed by atoms with Gasteiger partial charge in [-0.25, -0.2) is 0 Å². The molecule has 1 aliphatic heterocycles. The zero-order valence-electron chi connectivity index (χ0n) is 21.0. The topological polar surface area (TPSA) is 138 Å². The molecule has 5 N–H and O–H groups in total. The van der Waals surface area contributed by atoms with Crippen LogP contribution in [0.3, 0.4) is 0 Å². The van der Waals surface area contributed by atoms with Crippen molar-refractivity contribution in [3.05, 3.63) is 82.9 Å². The average molecular weight is 510 g/mol. The number of carbonyl (C=O) groups is 2. The van der Waals surface area contributed by atoms with E-state index in [0.29, 0.717) is 53.0 Å². The summed E-state index contributed by atoms with van der Waals surface area (Å²) in [5, 5.41) is 26.9. The van der Waals surface area contributed by atoms with Crippen molar-refractivity contribution in [2.45, 2.75) is 19.8 Å². The van der Waals surface area contributed by atoms with E-state index in [-0.39, 0.29) is 22.9 Å². The number of nitrogens with one attached hydrogen (secondary N) is 2. The number of hydrogen-bond acceptors (Lipinski definition) is 7. The molecule has 0 saturated heterocycles. The summed E-state index contributed by atoms with van der Waals surface area (Å²) in [4.78, 5) is 24.9. The van der Waals surface area contributed by atoms with Gasteiger partial charge in [-0.1, -0.05) is 30.3 Å². The fourth-order valence-electron chi connectivity index (χ4n) is 4.57. The van der Waals surface area contributed by atoms with Gasteiger partial charge in [0.2, 0.25) is 5.91 Å². The fourth-order valence-corrected chi connectivity index (χ4v) is 4.57. The molecule has 4 aromatic carbocycles. The first-order chi connectivity index (χ1) is 18.4. The van der Waals surface area contributed by atoms with E-state index in [1.165, 1.54) is 0 Å². The highest BCUT2D eigenvalue weighted by Crippen LogP contribution is 2.41. The third-order valence-corrected chi connectivity index (χ3v) is 6.54. The van der Waals surface area contributed by atoms with Crippen LogP contribution < -0.4 is 21.1 Å². The van der Waals surface area contributed by atoms with Crippen molar-refractivity contribution in [2.24, 2.45) is 16.0 Å². The zero-order valence-corrected chi connectivity index (χ0v) is 21.0. The van der Waals surface area contributed by atoms with E-state index >= 15 is 0 Å². The first-order valence-corrected chi connectivity index (χ1v) is 12.2. The number of rotatable bonds is 7. The largest absolute Gasteiger partial charge is 0.505 e. The summed E-state index contributed by atoms with van der Waals surface area (Å²) in [6.07, 6.45) is 1.02. The van der Waals surface area contributed by atoms with Crippen LogP contribution in [0, 0.1) is 6.92 Å². The van der Waals surface area contributed by atoms with Crippen molar-refractivity contribution in [1.29, 1.82) is 0 Å². The Balaban J connectivity index is 1.52. The number of aryl methyl sites for hydroxylation is 1. The number of anilines is 2. The lowest BCUT2D eigenvalue weighted by molar-refractivity contribution is -0.115. The molecule has 0 spiro atoms. The highest BCUT2D eigenvalue weighted by molar-refractivity contribution is 6.12. The number of amides is 2. The summed E-state index contributed by atoms with van der Waals surface area (Å²) in [5.74, 6) is -0.376. The second-order valence-corrected chi connectivity index (χ2v) is 9.08. The number of carbonyl (C=O) groups excluding carboxylic acids is 2.